The van der Waals surface area contributed by atoms with Gasteiger partial charge >= 0.3 is 0 Å². The highest BCUT2D eigenvalue weighted by Crippen LogP contribution is 2.35. The van der Waals surface area contributed by atoms with Crippen LogP contribution in [-0.2, 0) is 0 Å². The Hall–Kier alpha value is -8.49. The van der Waals surface area contributed by atoms with Crippen molar-refractivity contribution in [2.45, 2.75) is 0 Å². The molecule has 0 bridgehead atoms. The lowest BCUT2D eigenvalue weighted by Gasteiger charge is -2.12. The molecule has 0 aliphatic carbocycles. The van der Waals surface area contributed by atoms with Gasteiger partial charge in [-0.25, -0.2) is 0 Å². The van der Waals surface area contributed by atoms with Crippen molar-refractivity contribution >= 4 is 62.1 Å². The second kappa shape index (κ2) is 19.2. The van der Waals surface area contributed by atoms with Gasteiger partial charge < -0.3 is 18.9 Å². The molecule has 0 saturated heterocycles. The van der Waals surface area contributed by atoms with Gasteiger partial charge in [-0.15, -0.1) is 0 Å². The number of hydrogen-bond donors (Lipinski definition) is 0. The second-order valence-electron chi connectivity index (χ2n) is 15.8. The van der Waals surface area contributed by atoms with Crippen LogP contribution in [0.5, 0.6) is 46.0 Å². The van der Waals surface area contributed by atoms with Crippen molar-refractivity contribution in [1.29, 1.82) is 0 Å². The molecule has 0 aliphatic heterocycles. The molecule has 9 heteroatoms. The molecule has 0 aliphatic rings. The Morgan fingerprint density at radius 2 is 0.588 bits per heavy atom. The van der Waals surface area contributed by atoms with Gasteiger partial charge in [0.25, 0.3) is 0 Å². The third-order valence-electron chi connectivity index (χ3n) is 11.2. The molecule has 68 heavy (non-hydrogen) atoms. The van der Waals surface area contributed by atoms with Gasteiger partial charge in [0.1, 0.15) is 46.0 Å². The summed E-state index contributed by atoms with van der Waals surface area (Å²) in [6.07, 6.45) is 0. The van der Waals surface area contributed by atoms with Crippen LogP contribution in [0.4, 0.5) is 0 Å². The number of rotatable bonds is 14. The number of carbonyl (C=O) groups is 3. The van der Waals surface area contributed by atoms with Crippen LogP contribution in [0.3, 0.4) is 0 Å². The molecule has 0 heterocycles. The number of benzene rings is 10. The molecule has 10 rings (SSSR count). The summed E-state index contributed by atoms with van der Waals surface area (Å²) in [7, 11) is 0. The van der Waals surface area contributed by atoms with Crippen molar-refractivity contribution in [2.75, 3.05) is 0 Å². The SMILES string of the molecule is O=C(c1ccc(Cl)cc1)c1ccc(Oc2ccc3ccc(Oc4ccc(C(=O)c5ccc(Oc6ccc7c(Oc8ccc(C(=O)c9ccc(Cl)cc9)cc8)cccc7c6)cc5)cc4)cc3c2)cc1. The third-order valence-corrected chi connectivity index (χ3v) is 11.7. The minimum atomic E-state index is -0.134. The predicted molar refractivity (Wildman–Crippen MR) is 267 cm³/mol. The number of ketones is 3. The maximum absolute atomic E-state index is 13.5. The molecule has 0 radical (unpaired) electrons. The monoisotopic (exact) mass is 926 g/mol. The second-order valence-corrected chi connectivity index (χ2v) is 16.7. The van der Waals surface area contributed by atoms with E-state index in [2.05, 4.69) is 0 Å². The molecule has 0 spiro atoms. The van der Waals surface area contributed by atoms with E-state index in [0.717, 1.165) is 21.5 Å². The maximum Gasteiger partial charge on any atom is 0.193 e. The van der Waals surface area contributed by atoms with Gasteiger partial charge in [-0.05, 0) is 210 Å². The van der Waals surface area contributed by atoms with Crippen LogP contribution in [0.1, 0.15) is 47.8 Å². The minimum absolute atomic E-state index is 0.0970. The molecule has 0 fully saturated rings. The van der Waals surface area contributed by atoms with Crippen LogP contribution in [-0.4, -0.2) is 17.3 Å². The van der Waals surface area contributed by atoms with Crippen LogP contribution in [0.15, 0.2) is 218 Å². The summed E-state index contributed by atoms with van der Waals surface area (Å²) in [5.74, 6) is 4.58. The molecule has 7 nitrogen and oxygen atoms in total. The molecule has 10 aromatic carbocycles. The molecular formula is C59H36Cl2O7. The first-order valence-electron chi connectivity index (χ1n) is 21.5. The van der Waals surface area contributed by atoms with Crippen LogP contribution >= 0.6 is 23.2 Å². The van der Waals surface area contributed by atoms with Crippen LogP contribution in [0.2, 0.25) is 10.0 Å². The summed E-state index contributed by atoms with van der Waals surface area (Å²) in [5.41, 5.74) is 3.25. The Morgan fingerprint density at radius 3 is 0.971 bits per heavy atom. The lowest BCUT2D eigenvalue weighted by Crippen LogP contribution is -2.01. The van der Waals surface area contributed by atoms with Crippen molar-refractivity contribution < 1.29 is 33.3 Å². The molecule has 0 N–H and O–H groups in total. The first-order chi connectivity index (χ1) is 33.2. The standard InChI is InChI=1S/C59H36Cl2O7/c60-46-18-4-38(5-19-46)57(62)40-10-22-48(23-11-40)65-52-30-8-37-9-31-53(36-45(37)35-52)66-49-24-12-41(13-25-49)59(64)42-14-26-50(27-15-42)67-54-32-33-55-44(34-54)2-1-3-56(55)68-51-28-16-43(17-29-51)58(63)39-6-20-47(61)21-7-39/h1-36H. The Bertz CT molecular complexity index is 3420. The number of fused-ring (bicyclic) bond motifs is 2. The zero-order valence-corrected chi connectivity index (χ0v) is 37.4. The predicted octanol–water partition coefficient (Wildman–Crippen LogP) is 16.2. The molecule has 0 atom stereocenters. The first-order valence-corrected chi connectivity index (χ1v) is 22.3. The maximum atomic E-state index is 13.5. The van der Waals surface area contributed by atoms with E-state index in [1.807, 2.05) is 72.8 Å². The van der Waals surface area contributed by atoms with Crippen LogP contribution in [0.25, 0.3) is 21.5 Å². The fourth-order valence-corrected chi connectivity index (χ4v) is 7.90. The molecular weight excluding hydrogens is 892 g/mol. The Labute approximate surface area is 401 Å². The zero-order valence-electron chi connectivity index (χ0n) is 35.9. The lowest BCUT2D eigenvalue weighted by molar-refractivity contribution is 0.103. The van der Waals surface area contributed by atoms with Crippen molar-refractivity contribution in [3.8, 4) is 46.0 Å². The van der Waals surface area contributed by atoms with Crippen LogP contribution in [0, 0.1) is 0 Å². The minimum Gasteiger partial charge on any atom is -0.457 e. The molecule has 0 unspecified atom stereocenters. The third kappa shape index (κ3) is 9.86. The highest BCUT2D eigenvalue weighted by molar-refractivity contribution is 6.31. The fraction of sp³-hybridized carbons (Fsp3) is 0. The van der Waals surface area contributed by atoms with Gasteiger partial charge in [0.2, 0.25) is 0 Å². The largest absolute Gasteiger partial charge is 0.457 e. The molecule has 328 valence electrons. The lowest BCUT2D eigenvalue weighted by atomic mass is 10.0. The zero-order chi connectivity index (χ0) is 46.6. The van der Waals surface area contributed by atoms with Gasteiger partial charge in [-0.2, -0.15) is 0 Å². The Balaban J connectivity index is 0.742. The molecule has 0 aromatic heterocycles. The van der Waals surface area contributed by atoms with Gasteiger partial charge in [0.05, 0.1) is 0 Å². The number of halogens is 2. The van der Waals surface area contributed by atoms with Gasteiger partial charge in [0.15, 0.2) is 17.3 Å². The van der Waals surface area contributed by atoms with Crippen molar-refractivity contribution in [3.63, 3.8) is 0 Å². The van der Waals surface area contributed by atoms with E-state index in [0.29, 0.717) is 89.4 Å². The van der Waals surface area contributed by atoms with E-state index >= 15 is 0 Å². The van der Waals surface area contributed by atoms with E-state index < -0.39 is 0 Å². The number of hydrogen-bond acceptors (Lipinski definition) is 7. The summed E-state index contributed by atoms with van der Waals surface area (Å²) in [5, 5.41) is 4.88. The topological polar surface area (TPSA) is 88.1 Å². The van der Waals surface area contributed by atoms with Crippen molar-refractivity contribution in [3.05, 3.63) is 262 Å². The van der Waals surface area contributed by atoms with Crippen molar-refractivity contribution in [2.24, 2.45) is 0 Å². The van der Waals surface area contributed by atoms with Gasteiger partial charge in [0, 0.05) is 48.8 Å². The first kappa shape index (κ1) is 43.4. The summed E-state index contributed by atoms with van der Waals surface area (Å²) in [4.78, 5) is 39.3. The summed E-state index contributed by atoms with van der Waals surface area (Å²) in [6, 6.07) is 64.9. The Morgan fingerprint density at radius 1 is 0.279 bits per heavy atom. The molecule has 0 amide bonds. The van der Waals surface area contributed by atoms with Crippen molar-refractivity contribution in [1.82, 2.24) is 0 Å². The van der Waals surface area contributed by atoms with E-state index in [1.54, 1.807) is 146 Å². The highest BCUT2D eigenvalue weighted by atomic mass is 35.5. The average molecular weight is 928 g/mol. The molecule has 10 aromatic rings. The van der Waals surface area contributed by atoms with Gasteiger partial charge in [-0.1, -0.05) is 47.5 Å². The van der Waals surface area contributed by atoms with E-state index in [9.17, 15) is 14.4 Å². The van der Waals surface area contributed by atoms with E-state index in [-0.39, 0.29) is 17.3 Å². The fourth-order valence-electron chi connectivity index (χ4n) is 7.65. The summed E-state index contributed by atoms with van der Waals surface area (Å²) in [6.45, 7) is 0. The van der Waals surface area contributed by atoms with E-state index in [4.69, 9.17) is 42.1 Å². The quantitative estimate of drug-likeness (QED) is 0.100. The Kier molecular flexibility index (Phi) is 12.2. The van der Waals surface area contributed by atoms with Crippen LogP contribution < -0.4 is 18.9 Å². The molecule has 0 saturated carbocycles. The van der Waals surface area contributed by atoms with Gasteiger partial charge in [-0.3, -0.25) is 14.4 Å². The number of carbonyl (C=O) groups excluding carboxylic acids is 3. The highest BCUT2D eigenvalue weighted by Gasteiger charge is 2.14. The number of ether oxygens (including phenoxy) is 4. The average Bonchev–Trinajstić information content (AvgIpc) is 3.37. The normalized spacial score (nSPS) is 11.0. The van der Waals surface area contributed by atoms with E-state index in [1.165, 1.54) is 0 Å². The smallest absolute Gasteiger partial charge is 0.193 e. The summed E-state index contributed by atoms with van der Waals surface area (Å²) < 4.78 is 24.8. The summed E-state index contributed by atoms with van der Waals surface area (Å²) >= 11 is 12.0.